The normalized spacial score (nSPS) is 13.9. The van der Waals surface area contributed by atoms with Gasteiger partial charge < -0.3 is 15.3 Å². The zero-order chi connectivity index (χ0) is 26.9. The first kappa shape index (κ1) is 25.2. The monoisotopic (exact) mass is 523 g/mol. The number of carboxylic acids is 1. The van der Waals surface area contributed by atoms with Crippen molar-refractivity contribution in [1.82, 2.24) is 29.7 Å². The van der Waals surface area contributed by atoms with Gasteiger partial charge in [0.05, 0.1) is 11.7 Å². The lowest BCUT2D eigenvalue weighted by Gasteiger charge is -2.29. The zero-order valence-electron chi connectivity index (χ0n) is 20.4. The topological polar surface area (TPSA) is 101 Å². The summed E-state index contributed by atoms with van der Waals surface area (Å²) >= 11 is 0. The van der Waals surface area contributed by atoms with Crippen LogP contribution in [-0.2, 0) is 11.8 Å². The Morgan fingerprint density at radius 2 is 1.68 bits per heavy atom. The highest BCUT2D eigenvalue weighted by Gasteiger charge is 2.38. The number of nitrogens with zero attached hydrogens (tertiary/aromatic N) is 6. The van der Waals surface area contributed by atoms with Gasteiger partial charge in [0.15, 0.2) is 5.65 Å². The number of fused-ring (bicyclic) bond motifs is 2. The second-order valence-electron chi connectivity index (χ2n) is 8.80. The summed E-state index contributed by atoms with van der Waals surface area (Å²) in [4.78, 5) is 16.1. The molecule has 196 valence electrons. The Kier molecular flexibility index (Phi) is 6.72. The highest BCUT2D eigenvalue weighted by Crippen LogP contribution is 2.31. The fraction of sp³-hybridized carbons (Fsp3) is 0.231. The van der Waals surface area contributed by atoms with Crippen molar-refractivity contribution in [3.05, 3.63) is 67.3 Å². The van der Waals surface area contributed by atoms with Crippen molar-refractivity contribution < 1.29 is 23.1 Å². The van der Waals surface area contributed by atoms with E-state index in [1.807, 2.05) is 47.0 Å². The highest BCUT2D eigenvalue weighted by atomic mass is 19.4. The molecular formula is C26H24F3N7O2. The summed E-state index contributed by atoms with van der Waals surface area (Å²) in [6, 6.07) is 14.9. The Hall–Kier alpha value is -4.45. The number of rotatable bonds is 3. The maximum atomic E-state index is 10.6. The van der Waals surface area contributed by atoms with Crippen LogP contribution >= 0.6 is 0 Å². The Morgan fingerprint density at radius 3 is 2.37 bits per heavy atom. The predicted molar refractivity (Wildman–Crippen MR) is 137 cm³/mol. The van der Waals surface area contributed by atoms with Gasteiger partial charge in [-0.3, -0.25) is 4.68 Å². The average Bonchev–Trinajstić information content (AvgIpc) is 3.51. The van der Waals surface area contributed by atoms with Gasteiger partial charge in [-0.25, -0.2) is 14.3 Å². The van der Waals surface area contributed by atoms with Gasteiger partial charge in [0.1, 0.15) is 0 Å². The van der Waals surface area contributed by atoms with Gasteiger partial charge in [0.25, 0.3) is 0 Å². The number of anilines is 1. The molecular weight excluding hydrogens is 499 g/mol. The van der Waals surface area contributed by atoms with E-state index in [-0.39, 0.29) is 0 Å². The Labute approximate surface area is 215 Å². The van der Waals surface area contributed by atoms with E-state index in [1.54, 1.807) is 0 Å². The van der Waals surface area contributed by atoms with E-state index < -0.39 is 12.1 Å². The van der Waals surface area contributed by atoms with Crippen molar-refractivity contribution in [3.63, 3.8) is 0 Å². The number of nitrogens with one attached hydrogen (secondary N) is 1. The molecule has 0 aliphatic carbocycles. The Balaban J connectivity index is 0.000000374. The quantitative estimate of drug-likeness (QED) is 0.369. The molecule has 1 fully saturated rings. The molecule has 0 radical (unpaired) electrons. The van der Waals surface area contributed by atoms with E-state index in [9.17, 15) is 13.2 Å². The maximum absolute atomic E-state index is 10.6. The van der Waals surface area contributed by atoms with Crippen LogP contribution < -0.4 is 10.2 Å². The SMILES string of the molecule is Cn1cc2c(-c3cnn4cc(-c5ccc(N6CCNCC6)cc5)cnc34)cccc2n1.O=C(O)C(F)(F)F. The number of alkyl halides is 3. The minimum atomic E-state index is -5.08. The maximum Gasteiger partial charge on any atom is 0.490 e. The van der Waals surface area contributed by atoms with Gasteiger partial charge in [-0.1, -0.05) is 24.3 Å². The number of halogens is 3. The minimum Gasteiger partial charge on any atom is -0.475 e. The van der Waals surface area contributed by atoms with Crippen molar-refractivity contribution in [1.29, 1.82) is 0 Å². The molecule has 6 rings (SSSR count). The second-order valence-corrected chi connectivity index (χ2v) is 8.80. The lowest BCUT2D eigenvalue weighted by Crippen LogP contribution is -2.43. The molecule has 0 amide bonds. The molecule has 2 N–H and O–H groups in total. The predicted octanol–water partition coefficient (Wildman–Crippen LogP) is 3.99. The average molecular weight is 524 g/mol. The van der Waals surface area contributed by atoms with Crippen LogP contribution in [0.1, 0.15) is 0 Å². The molecule has 1 aliphatic rings. The molecule has 12 heteroatoms. The first-order valence-corrected chi connectivity index (χ1v) is 11.8. The van der Waals surface area contributed by atoms with Crippen molar-refractivity contribution in [3.8, 4) is 22.3 Å². The lowest BCUT2D eigenvalue weighted by atomic mass is 10.0. The number of carboxylic acid groups (broad SMARTS) is 1. The molecule has 3 aromatic heterocycles. The standard InChI is InChI=1S/C24H23N7.C2HF3O2/c1-29-16-22-20(3-2-4-23(22)28-29)21-14-27-31-15-18(13-26-24(21)31)17-5-7-19(8-6-17)30-11-9-25-10-12-30;3-2(4,5)1(6)7/h2-8,13-16,25H,9-12H2,1H3;(H,6,7). The Bertz CT molecular complexity index is 1590. The number of hydrogen-bond donors (Lipinski definition) is 2. The van der Waals surface area contributed by atoms with Crippen LogP contribution in [0.25, 0.3) is 38.8 Å². The molecule has 5 aromatic rings. The van der Waals surface area contributed by atoms with Crippen LogP contribution in [0.15, 0.2) is 67.3 Å². The van der Waals surface area contributed by atoms with Crippen LogP contribution in [0, 0.1) is 0 Å². The van der Waals surface area contributed by atoms with E-state index in [0.717, 1.165) is 65.0 Å². The van der Waals surface area contributed by atoms with Gasteiger partial charge in [-0.15, -0.1) is 0 Å². The van der Waals surface area contributed by atoms with Crippen LogP contribution in [-0.4, -0.2) is 67.8 Å². The summed E-state index contributed by atoms with van der Waals surface area (Å²) in [7, 11) is 1.94. The molecule has 0 saturated carbocycles. The van der Waals surface area contributed by atoms with Crippen LogP contribution in [0.2, 0.25) is 0 Å². The third-order valence-electron chi connectivity index (χ3n) is 6.24. The molecule has 0 spiro atoms. The van der Waals surface area contributed by atoms with E-state index in [0.29, 0.717) is 0 Å². The Morgan fingerprint density at radius 1 is 0.974 bits per heavy atom. The molecule has 38 heavy (non-hydrogen) atoms. The molecule has 4 heterocycles. The molecule has 1 aliphatic heterocycles. The molecule has 1 saturated heterocycles. The van der Waals surface area contributed by atoms with E-state index in [4.69, 9.17) is 14.9 Å². The molecule has 9 nitrogen and oxygen atoms in total. The number of hydrogen-bond acceptors (Lipinski definition) is 6. The lowest BCUT2D eigenvalue weighted by molar-refractivity contribution is -0.192. The van der Waals surface area contributed by atoms with E-state index in [1.165, 1.54) is 5.69 Å². The van der Waals surface area contributed by atoms with Crippen LogP contribution in [0.3, 0.4) is 0 Å². The van der Waals surface area contributed by atoms with Crippen molar-refractivity contribution in [2.24, 2.45) is 7.05 Å². The van der Waals surface area contributed by atoms with E-state index in [2.05, 4.69) is 56.9 Å². The van der Waals surface area contributed by atoms with Crippen LogP contribution in [0.4, 0.5) is 18.9 Å². The van der Waals surface area contributed by atoms with Crippen LogP contribution in [0.5, 0.6) is 0 Å². The molecule has 0 atom stereocenters. The number of aryl methyl sites for hydroxylation is 1. The van der Waals surface area contributed by atoms with Crippen molar-refractivity contribution >= 4 is 28.2 Å². The summed E-state index contributed by atoms with van der Waals surface area (Å²) in [5.41, 5.74) is 7.39. The van der Waals surface area contributed by atoms with Gasteiger partial charge in [0, 0.05) is 74.0 Å². The third-order valence-corrected chi connectivity index (χ3v) is 6.24. The number of aliphatic carboxylic acids is 1. The molecule has 0 bridgehead atoms. The van der Waals surface area contributed by atoms with Crippen molar-refractivity contribution in [2.45, 2.75) is 6.18 Å². The van der Waals surface area contributed by atoms with Gasteiger partial charge in [-0.2, -0.15) is 23.4 Å². The van der Waals surface area contributed by atoms with Gasteiger partial charge in [0.2, 0.25) is 0 Å². The first-order valence-electron chi connectivity index (χ1n) is 11.8. The summed E-state index contributed by atoms with van der Waals surface area (Å²) in [6.45, 7) is 4.17. The number of aromatic nitrogens is 5. The third kappa shape index (κ3) is 5.16. The van der Waals surface area contributed by atoms with Gasteiger partial charge in [-0.05, 0) is 29.3 Å². The number of piperazine rings is 1. The smallest absolute Gasteiger partial charge is 0.475 e. The summed E-state index contributed by atoms with van der Waals surface area (Å²) in [5.74, 6) is -2.76. The van der Waals surface area contributed by atoms with Gasteiger partial charge >= 0.3 is 12.1 Å². The van der Waals surface area contributed by atoms with Crippen molar-refractivity contribution in [2.75, 3.05) is 31.1 Å². The fourth-order valence-electron chi connectivity index (χ4n) is 4.40. The summed E-state index contributed by atoms with van der Waals surface area (Å²) in [6.07, 6.45) is 2.84. The summed E-state index contributed by atoms with van der Waals surface area (Å²) < 4.78 is 35.4. The first-order chi connectivity index (χ1) is 18.2. The largest absolute Gasteiger partial charge is 0.490 e. The second kappa shape index (κ2) is 10.1. The molecule has 2 aromatic carbocycles. The minimum absolute atomic E-state index is 0.845. The zero-order valence-corrected chi connectivity index (χ0v) is 20.4. The number of carbonyl (C=O) groups is 1. The highest BCUT2D eigenvalue weighted by molar-refractivity contribution is 5.97. The van der Waals surface area contributed by atoms with E-state index >= 15 is 0 Å². The molecule has 0 unspecified atom stereocenters. The summed E-state index contributed by atoms with van der Waals surface area (Å²) in [5, 5.41) is 20.7. The fourth-order valence-corrected chi connectivity index (χ4v) is 4.40. The number of benzene rings is 2.